The maximum Gasteiger partial charge on any atom is 0.342 e. The molecule has 1 unspecified atom stereocenters. The first-order valence-corrected chi connectivity index (χ1v) is 2.62. The minimum atomic E-state index is -0.705. The molecule has 0 aromatic heterocycles. The first kappa shape index (κ1) is 11.8. The summed E-state index contributed by atoms with van der Waals surface area (Å²) in [4.78, 5) is 14.0. The van der Waals surface area contributed by atoms with Crippen molar-refractivity contribution >= 4 is 31.0 Å². The first-order chi connectivity index (χ1) is 3.72. The lowest BCUT2D eigenvalue weighted by molar-refractivity contribution is -0.145. The van der Waals surface area contributed by atoms with Crippen LogP contribution in [0.4, 0.5) is 0 Å². The van der Waals surface area contributed by atoms with Gasteiger partial charge >= 0.3 is 5.97 Å². The molecule has 56 valence electrons. The van der Waals surface area contributed by atoms with E-state index in [4.69, 9.17) is 5.73 Å². The molecule has 0 rings (SSSR count). The molecule has 0 saturated heterocycles. The van der Waals surface area contributed by atoms with Gasteiger partial charge in [0.2, 0.25) is 0 Å². The van der Waals surface area contributed by atoms with Crippen molar-refractivity contribution in [3.8, 4) is 0 Å². The molecule has 1 atom stereocenters. The summed E-state index contributed by atoms with van der Waals surface area (Å²) in [6.07, 6.45) is 0. The van der Waals surface area contributed by atoms with E-state index in [1.807, 2.05) is 0 Å². The Morgan fingerprint density at radius 2 is 2.22 bits per heavy atom. The van der Waals surface area contributed by atoms with Crippen LogP contribution < -0.4 is 11.6 Å². The molecule has 0 aromatic rings. The summed E-state index contributed by atoms with van der Waals surface area (Å²) in [5.74, 6) is 4.09. The van der Waals surface area contributed by atoms with Crippen LogP contribution in [0.2, 0.25) is 0 Å². The van der Waals surface area contributed by atoms with E-state index in [0.717, 1.165) is 0 Å². The Bertz CT molecular complexity index is 91.9. The molecule has 0 heterocycles. The van der Waals surface area contributed by atoms with Crippen molar-refractivity contribution < 1.29 is 9.63 Å². The average molecular weight is 173 g/mol. The number of hydrogen-bond acceptors (Lipinski definition) is 5. The highest BCUT2D eigenvalue weighted by atomic mass is 35.5. The van der Waals surface area contributed by atoms with E-state index < -0.39 is 12.0 Å². The Labute approximate surface area is 64.7 Å². The van der Waals surface area contributed by atoms with Crippen LogP contribution in [0.25, 0.3) is 0 Å². The van der Waals surface area contributed by atoms with Crippen LogP contribution in [-0.2, 0) is 9.63 Å². The minimum Gasteiger partial charge on any atom is -0.372 e. The molecule has 9 heavy (non-hydrogen) atoms. The smallest absolute Gasteiger partial charge is 0.342 e. The standard InChI is InChI=1S/C3H8N2O2S.ClH/c4-2(1-8)3(6)7-5;/h2,8H,1,4-5H2;1H. The monoisotopic (exact) mass is 172 g/mol. The molecule has 0 fully saturated rings. The molecule has 0 bridgehead atoms. The van der Waals surface area contributed by atoms with E-state index in [2.05, 4.69) is 23.4 Å². The van der Waals surface area contributed by atoms with E-state index in [9.17, 15) is 4.79 Å². The van der Waals surface area contributed by atoms with Crippen LogP contribution in [0.1, 0.15) is 0 Å². The summed E-state index contributed by atoms with van der Waals surface area (Å²) in [5, 5.41) is 0. The second kappa shape index (κ2) is 6.15. The quantitative estimate of drug-likeness (QED) is 0.372. The van der Waals surface area contributed by atoms with Gasteiger partial charge in [0.05, 0.1) is 0 Å². The molecular weight excluding hydrogens is 164 g/mol. The highest BCUT2D eigenvalue weighted by molar-refractivity contribution is 7.80. The van der Waals surface area contributed by atoms with Crippen molar-refractivity contribution in [1.29, 1.82) is 0 Å². The third kappa shape index (κ3) is 4.53. The number of halogens is 1. The topological polar surface area (TPSA) is 78.3 Å². The van der Waals surface area contributed by atoms with E-state index in [-0.39, 0.29) is 18.2 Å². The third-order valence-corrected chi connectivity index (χ3v) is 1.01. The Hall–Kier alpha value is 0.0300. The maximum absolute atomic E-state index is 10.2. The largest absolute Gasteiger partial charge is 0.372 e. The van der Waals surface area contributed by atoms with Gasteiger partial charge in [-0.25, -0.2) is 4.79 Å². The number of nitrogens with two attached hydrogens (primary N) is 2. The molecular formula is C3H9ClN2O2S. The summed E-state index contributed by atoms with van der Waals surface area (Å²) < 4.78 is 0. The molecule has 0 amide bonds. The summed E-state index contributed by atoms with van der Waals surface area (Å²) in [6.45, 7) is 0. The Morgan fingerprint density at radius 3 is 2.33 bits per heavy atom. The fourth-order valence-corrected chi connectivity index (χ4v) is 0.311. The summed E-state index contributed by atoms with van der Waals surface area (Å²) in [6, 6.07) is -0.705. The van der Waals surface area contributed by atoms with Gasteiger partial charge in [0.15, 0.2) is 0 Å². The Morgan fingerprint density at radius 1 is 1.78 bits per heavy atom. The van der Waals surface area contributed by atoms with E-state index in [1.54, 1.807) is 0 Å². The van der Waals surface area contributed by atoms with Crippen molar-refractivity contribution in [3.63, 3.8) is 0 Å². The fourth-order valence-electron chi connectivity index (χ4n) is 0.162. The van der Waals surface area contributed by atoms with Crippen LogP contribution in [-0.4, -0.2) is 17.8 Å². The van der Waals surface area contributed by atoms with Crippen molar-refractivity contribution in [3.05, 3.63) is 0 Å². The van der Waals surface area contributed by atoms with Crippen molar-refractivity contribution in [2.24, 2.45) is 11.6 Å². The number of carbonyl (C=O) groups excluding carboxylic acids is 1. The van der Waals surface area contributed by atoms with Gasteiger partial charge in [-0.15, -0.1) is 12.4 Å². The number of carbonyl (C=O) groups is 1. The van der Waals surface area contributed by atoms with Gasteiger partial charge < -0.3 is 10.6 Å². The highest BCUT2D eigenvalue weighted by Crippen LogP contribution is 1.83. The van der Waals surface area contributed by atoms with Crippen LogP contribution in [0.5, 0.6) is 0 Å². The Kier molecular flexibility index (Phi) is 8.06. The zero-order chi connectivity index (χ0) is 6.57. The lowest BCUT2D eigenvalue weighted by atomic mass is 10.4. The zero-order valence-electron chi connectivity index (χ0n) is 4.61. The molecule has 0 aliphatic carbocycles. The second-order valence-corrected chi connectivity index (χ2v) is 1.59. The van der Waals surface area contributed by atoms with Crippen LogP contribution in [0.15, 0.2) is 0 Å². The van der Waals surface area contributed by atoms with Crippen molar-refractivity contribution in [1.82, 2.24) is 0 Å². The minimum absolute atomic E-state index is 0. The number of thiol groups is 1. The summed E-state index contributed by atoms with van der Waals surface area (Å²) in [7, 11) is 0. The molecule has 0 aromatic carbocycles. The third-order valence-electron chi connectivity index (χ3n) is 0.616. The van der Waals surface area contributed by atoms with Gasteiger partial charge in [0, 0.05) is 5.75 Å². The first-order valence-electron chi connectivity index (χ1n) is 1.99. The van der Waals surface area contributed by atoms with Gasteiger partial charge in [-0.1, -0.05) is 0 Å². The number of rotatable bonds is 2. The van der Waals surface area contributed by atoms with Crippen LogP contribution >= 0.6 is 25.0 Å². The van der Waals surface area contributed by atoms with E-state index in [1.165, 1.54) is 0 Å². The predicted molar refractivity (Wildman–Crippen MR) is 39.4 cm³/mol. The molecule has 0 aliphatic rings. The maximum atomic E-state index is 10.2. The highest BCUT2D eigenvalue weighted by Gasteiger charge is 2.10. The van der Waals surface area contributed by atoms with Crippen LogP contribution in [0.3, 0.4) is 0 Å². The SMILES string of the molecule is Cl.NOC(=O)C(N)CS. The van der Waals surface area contributed by atoms with Gasteiger partial charge in [-0.3, -0.25) is 0 Å². The predicted octanol–water partition coefficient (Wildman–Crippen LogP) is -0.918. The second-order valence-electron chi connectivity index (χ2n) is 1.23. The van der Waals surface area contributed by atoms with Crippen LogP contribution in [0, 0.1) is 0 Å². The molecule has 0 aliphatic heterocycles. The lowest BCUT2D eigenvalue weighted by Crippen LogP contribution is -2.35. The normalized spacial score (nSPS) is 11.4. The molecule has 4 nitrogen and oxygen atoms in total. The fraction of sp³-hybridized carbons (Fsp3) is 0.667. The molecule has 0 saturated carbocycles. The van der Waals surface area contributed by atoms with Gasteiger partial charge in [-0.05, 0) is 0 Å². The van der Waals surface area contributed by atoms with Gasteiger partial charge in [0.25, 0.3) is 0 Å². The van der Waals surface area contributed by atoms with E-state index >= 15 is 0 Å². The molecule has 6 heteroatoms. The lowest BCUT2D eigenvalue weighted by Gasteiger charge is -2.01. The van der Waals surface area contributed by atoms with Gasteiger partial charge in [0.1, 0.15) is 6.04 Å². The molecule has 0 radical (unpaired) electrons. The summed E-state index contributed by atoms with van der Waals surface area (Å²) >= 11 is 3.73. The van der Waals surface area contributed by atoms with Crippen molar-refractivity contribution in [2.45, 2.75) is 6.04 Å². The summed E-state index contributed by atoms with van der Waals surface area (Å²) in [5.41, 5.74) is 5.10. The van der Waals surface area contributed by atoms with Crippen molar-refractivity contribution in [2.75, 3.05) is 5.75 Å². The molecule has 4 N–H and O–H groups in total. The number of hydrogen-bond donors (Lipinski definition) is 3. The zero-order valence-corrected chi connectivity index (χ0v) is 6.32. The average Bonchev–Trinajstić information content (AvgIpc) is 1.84. The van der Waals surface area contributed by atoms with E-state index in [0.29, 0.717) is 0 Å². The Balaban J connectivity index is 0. The van der Waals surface area contributed by atoms with Gasteiger partial charge in [-0.2, -0.15) is 18.5 Å². The molecule has 0 spiro atoms.